The van der Waals surface area contributed by atoms with Crippen molar-refractivity contribution < 1.29 is 23.2 Å². The maximum Gasteiger partial charge on any atom is 0.272 e. The number of carbonyl (C=O) groups excluding carboxylic acids is 3. The summed E-state index contributed by atoms with van der Waals surface area (Å²) in [6.45, 7) is 0.898. The van der Waals surface area contributed by atoms with E-state index in [0.717, 1.165) is 29.3 Å². The van der Waals surface area contributed by atoms with Gasteiger partial charge in [-0.15, -0.1) is 0 Å². The maximum atomic E-state index is 13.9. The van der Waals surface area contributed by atoms with Crippen molar-refractivity contribution in [1.29, 1.82) is 0 Å². The van der Waals surface area contributed by atoms with Crippen molar-refractivity contribution in [2.24, 2.45) is 4.99 Å². The summed E-state index contributed by atoms with van der Waals surface area (Å²) in [6.07, 6.45) is -1.04. The predicted octanol–water partition coefficient (Wildman–Crippen LogP) is 2.70. The number of amides is 3. The zero-order chi connectivity index (χ0) is 28.3. The maximum absolute atomic E-state index is 13.9. The highest BCUT2D eigenvalue weighted by Gasteiger charge is 2.43. The summed E-state index contributed by atoms with van der Waals surface area (Å²) in [5, 5.41) is 8.76. The molecule has 3 aromatic carbocycles. The van der Waals surface area contributed by atoms with Crippen molar-refractivity contribution in [3.63, 3.8) is 0 Å². The van der Waals surface area contributed by atoms with Crippen LogP contribution in [0.3, 0.4) is 0 Å². The molecule has 10 heteroatoms. The first-order valence-corrected chi connectivity index (χ1v) is 13.0. The molecular weight excluding hydrogens is 516 g/mol. The fraction of sp³-hybridized carbons (Fsp3) is 0.267. The van der Waals surface area contributed by atoms with E-state index < -0.39 is 41.1 Å². The molecule has 3 aromatic rings. The van der Waals surface area contributed by atoms with Gasteiger partial charge in [-0.05, 0) is 49.7 Å². The first-order valence-electron chi connectivity index (χ1n) is 13.0. The van der Waals surface area contributed by atoms with Crippen molar-refractivity contribution in [1.82, 2.24) is 16.0 Å². The second kappa shape index (κ2) is 11.4. The molecule has 1 saturated heterocycles. The smallest absolute Gasteiger partial charge is 0.272 e. The Kier molecular flexibility index (Phi) is 7.70. The third-order valence-electron chi connectivity index (χ3n) is 7.22. The Balaban J connectivity index is 1.44. The summed E-state index contributed by atoms with van der Waals surface area (Å²) in [5.74, 6) is -3.13. The highest BCUT2D eigenvalue weighted by atomic mass is 19.1. The van der Waals surface area contributed by atoms with Crippen molar-refractivity contribution in [3.05, 3.63) is 101 Å². The van der Waals surface area contributed by atoms with Crippen LogP contribution in [0.5, 0.6) is 0 Å². The van der Waals surface area contributed by atoms with E-state index in [1.54, 1.807) is 7.05 Å². The number of hydrogen-bond donors (Lipinski definition) is 3. The first kappa shape index (κ1) is 27.1. The second-order valence-corrected chi connectivity index (χ2v) is 9.97. The molecule has 40 heavy (non-hydrogen) atoms. The molecule has 8 nitrogen and oxygen atoms in total. The van der Waals surface area contributed by atoms with Gasteiger partial charge in [-0.1, -0.05) is 48.5 Å². The Bertz CT molecular complexity index is 1450. The number of likely N-dealkylation sites (N-methyl/N-ethyl adjacent to an activating group) is 1. The lowest BCUT2D eigenvalue weighted by Crippen LogP contribution is -2.65. The van der Waals surface area contributed by atoms with E-state index in [2.05, 4.69) is 16.0 Å². The number of halogens is 2. The Hall–Kier alpha value is -4.44. The van der Waals surface area contributed by atoms with Crippen molar-refractivity contribution in [2.75, 3.05) is 25.0 Å². The average Bonchev–Trinajstić information content (AvgIpc) is 3.04. The minimum atomic E-state index is -1.34. The number of piperidine rings is 1. The van der Waals surface area contributed by atoms with Gasteiger partial charge in [0, 0.05) is 24.2 Å². The summed E-state index contributed by atoms with van der Waals surface area (Å²) in [5.41, 5.74) is 1.54. The molecule has 3 amide bonds. The van der Waals surface area contributed by atoms with E-state index in [9.17, 15) is 23.2 Å². The van der Waals surface area contributed by atoms with Crippen molar-refractivity contribution in [2.45, 2.75) is 31.0 Å². The highest BCUT2D eigenvalue weighted by Crippen LogP contribution is 2.28. The second-order valence-electron chi connectivity index (χ2n) is 9.97. The molecule has 0 radical (unpaired) electrons. The Labute approximate surface area is 230 Å². The number of nitrogens with one attached hydrogen (secondary N) is 3. The van der Waals surface area contributed by atoms with Crippen molar-refractivity contribution >= 4 is 29.1 Å². The number of rotatable bonds is 6. The molecule has 0 spiro atoms. The molecule has 206 valence electrons. The summed E-state index contributed by atoms with van der Waals surface area (Å²) in [6, 6.07) is 19.7. The van der Waals surface area contributed by atoms with E-state index in [0.29, 0.717) is 24.5 Å². The van der Waals surface area contributed by atoms with Crippen LogP contribution < -0.4 is 20.9 Å². The number of benzene rings is 3. The topological polar surface area (TPSA) is 103 Å². The predicted molar refractivity (Wildman–Crippen MR) is 147 cm³/mol. The highest BCUT2D eigenvalue weighted by molar-refractivity contribution is 6.20. The third kappa shape index (κ3) is 5.62. The third-order valence-corrected chi connectivity index (χ3v) is 7.22. The van der Waals surface area contributed by atoms with Crippen LogP contribution in [-0.2, 0) is 20.8 Å². The molecule has 1 fully saturated rings. The molecule has 0 aromatic heterocycles. The fourth-order valence-electron chi connectivity index (χ4n) is 5.18. The van der Waals surface area contributed by atoms with Gasteiger partial charge in [0.15, 0.2) is 0 Å². The van der Waals surface area contributed by atoms with Gasteiger partial charge in [0.1, 0.15) is 17.2 Å². The summed E-state index contributed by atoms with van der Waals surface area (Å²) < 4.78 is 27.3. The van der Waals surface area contributed by atoms with Crippen LogP contribution in [0.15, 0.2) is 77.8 Å². The fourth-order valence-corrected chi connectivity index (χ4v) is 5.18. The van der Waals surface area contributed by atoms with Gasteiger partial charge in [0.05, 0.1) is 17.8 Å². The van der Waals surface area contributed by atoms with E-state index in [1.165, 1.54) is 4.90 Å². The number of benzodiazepines with no additional fused rings is 1. The van der Waals surface area contributed by atoms with Crippen molar-refractivity contribution in [3.8, 4) is 0 Å². The number of aliphatic imine (C=N–C) groups is 1. The number of anilines is 1. The Morgan fingerprint density at radius 2 is 1.65 bits per heavy atom. The molecule has 2 aliphatic rings. The summed E-state index contributed by atoms with van der Waals surface area (Å²) in [7, 11) is 1.63. The minimum absolute atomic E-state index is 0.148. The van der Waals surface area contributed by atoms with Crippen LogP contribution in [0.1, 0.15) is 29.5 Å². The molecule has 3 N–H and O–H groups in total. The van der Waals surface area contributed by atoms with E-state index >= 15 is 0 Å². The molecule has 5 rings (SSSR count). The standard InChI is InChI=1S/C30H29F2N5O3/c1-37-24-10-6-5-9-23(24)26(20-7-3-2-4-8-20)34-27(28(37)39)35-29(40)30(11-13-33-14-12-30)36-25(38)17-19-15-21(31)18-22(32)16-19/h2-10,15-16,18,27,33H,11-14,17H2,1H3,(H,35,40)(H,36,38). The molecule has 2 heterocycles. The molecule has 1 atom stereocenters. The average molecular weight is 546 g/mol. The van der Waals surface area contributed by atoms with Gasteiger partial charge >= 0.3 is 0 Å². The quantitative estimate of drug-likeness (QED) is 0.443. The van der Waals surface area contributed by atoms with Crippen LogP contribution in [0.4, 0.5) is 14.5 Å². The largest absolute Gasteiger partial charge is 0.341 e. The van der Waals surface area contributed by atoms with Gasteiger partial charge in [-0.25, -0.2) is 13.8 Å². The Morgan fingerprint density at radius 1 is 1.00 bits per heavy atom. The number of fused-ring (bicyclic) bond motifs is 1. The number of hydrogen-bond acceptors (Lipinski definition) is 5. The van der Waals surface area contributed by atoms with Crippen LogP contribution in [0.25, 0.3) is 0 Å². The zero-order valence-electron chi connectivity index (χ0n) is 21.9. The summed E-state index contributed by atoms with van der Waals surface area (Å²) >= 11 is 0. The SMILES string of the molecule is CN1C(=O)C(NC(=O)C2(NC(=O)Cc3cc(F)cc(F)c3)CCNCC2)N=C(c2ccccc2)c2ccccc21. The van der Waals surface area contributed by atoms with E-state index in [1.807, 2.05) is 54.6 Å². The van der Waals surface area contributed by atoms with Gasteiger partial charge in [0.25, 0.3) is 5.91 Å². The molecule has 1 unspecified atom stereocenters. The van der Waals surface area contributed by atoms with Crippen LogP contribution >= 0.6 is 0 Å². The molecular formula is C30H29F2N5O3. The lowest BCUT2D eigenvalue weighted by molar-refractivity contribution is -0.136. The van der Waals surface area contributed by atoms with Crippen LogP contribution in [0.2, 0.25) is 0 Å². The van der Waals surface area contributed by atoms with Gasteiger partial charge in [-0.2, -0.15) is 0 Å². The number of para-hydroxylation sites is 1. The van der Waals surface area contributed by atoms with E-state index in [4.69, 9.17) is 4.99 Å². The molecule has 0 aliphatic carbocycles. The zero-order valence-corrected chi connectivity index (χ0v) is 21.9. The van der Waals surface area contributed by atoms with Crippen LogP contribution in [0, 0.1) is 11.6 Å². The van der Waals surface area contributed by atoms with Gasteiger partial charge < -0.3 is 20.9 Å². The molecule has 2 aliphatic heterocycles. The van der Waals surface area contributed by atoms with Gasteiger partial charge in [0.2, 0.25) is 18.0 Å². The molecule has 0 saturated carbocycles. The lowest BCUT2D eigenvalue weighted by Gasteiger charge is -2.37. The number of nitrogens with zero attached hydrogens (tertiary/aromatic N) is 2. The minimum Gasteiger partial charge on any atom is -0.341 e. The van der Waals surface area contributed by atoms with Crippen LogP contribution in [-0.4, -0.2) is 55.3 Å². The molecule has 0 bridgehead atoms. The number of carbonyl (C=O) groups is 3. The van der Waals surface area contributed by atoms with Gasteiger partial charge in [-0.3, -0.25) is 14.4 Å². The van der Waals surface area contributed by atoms with E-state index in [-0.39, 0.29) is 24.8 Å². The first-order chi connectivity index (χ1) is 19.3. The Morgan fingerprint density at radius 3 is 2.35 bits per heavy atom. The normalized spacial score (nSPS) is 18.3. The lowest BCUT2D eigenvalue weighted by atomic mass is 9.86. The monoisotopic (exact) mass is 545 g/mol. The summed E-state index contributed by atoms with van der Waals surface area (Å²) in [4.78, 5) is 46.6.